The molecule has 0 amide bonds. The van der Waals surface area contributed by atoms with Gasteiger partial charge in [-0.15, -0.1) is 0 Å². The molecule has 0 radical (unpaired) electrons. The molecule has 3 aromatic rings. The highest BCUT2D eigenvalue weighted by molar-refractivity contribution is 6.31. The summed E-state index contributed by atoms with van der Waals surface area (Å²) in [6, 6.07) is 17.0. The summed E-state index contributed by atoms with van der Waals surface area (Å²) < 4.78 is 2.24. The lowest BCUT2D eigenvalue weighted by molar-refractivity contribution is 0.829. The number of nitrogens with zero attached hydrogens (tertiary/aromatic N) is 1. The Kier molecular flexibility index (Phi) is 3.54. The van der Waals surface area contributed by atoms with E-state index >= 15 is 0 Å². The fourth-order valence-corrected chi connectivity index (χ4v) is 2.67. The number of aromatic nitrogens is 1. The van der Waals surface area contributed by atoms with Crippen molar-refractivity contribution in [3.05, 3.63) is 70.9 Å². The number of halogens is 1. The van der Waals surface area contributed by atoms with Crippen molar-refractivity contribution in [2.75, 3.05) is 0 Å². The predicted molar refractivity (Wildman–Crippen MR) is 86.6 cm³/mol. The van der Waals surface area contributed by atoms with E-state index in [0.717, 1.165) is 11.6 Å². The minimum absolute atomic E-state index is 0.579. The molecule has 0 N–H and O–H groups in total. The molecule has 0 saturated carbocycles. The van der Waals surface area contributed by atoms with Crippen LogP contribution in [0, 0.1) is 0 Å². The average Bonchev–Trinajstić information content (AvgIpc) is 2.82. The third-order valence-electron chi connectivity index (χ3n) is 3.74. The molecule has 20 heavy (non-hydrogen) atoms. The summed E-state index contributed by atoms with van der Waals surface area (Å²) in [5, 5.41) is 2.01. The maximum absolute atomic E-state index is 6.09. The van der Waals surface area contributed by atoms with Crippen LogP contribution < -0.4 is 0 Å². The molecule has 0 spiro atoms. The monoisotopic (exact) mass is 283 g/mol. The molecule has 1 nitrogen and oxygen atoms in total. The summed E-state index contributed by atoms with van der Waals surface area (Å²) in [5.41, 5.74) is 3.88. The van der Waals surface area contributed by atoms with E-state index < -0.39 is 0 Å². The number of fused-ring (bicyclic) bond motifs is 1. The van der Waals surface area contributed by atoms with Crippen molar-refractivity contribution < 1.29 is 0 Å². The van der Waals surface area contributed by atoms with E-state index in [4.69, 9.17) is 11.6 Å². The van der Waals surface area contributed by atoms with E-state index in [1.54, 1.807) is 0 Å². The number of rotatable bonds is 3. The van der Waals surface area contributed by atoms with Crippen molar-refractivity contribution in [3.63, 3.8) is 0 Å². The molecular formula is C18H18ClN. The molecule has 0 saturated heterocycles. The Morgan fingerprint density at radius 3 is 2.45 bits per heavy atom. The molecular weight excluding hydrogens is 266 g/mol. The van der Waals surface area contributed by atoms with Crippen LogP contribution in [0.25, 0.3) is 10.9 Å². The van der Waals surface area contributed by atoms with E-state index in [1.165, 1.54) is 22.0 Å². The molecule has 2 heteroatoms. The Hall–Kier alpha value is -1.73. The van der Waals surface area contributed by atoms with Gasteiger partial charge in [-0.25, -0.2) is 0 Å². The molecule has 0 aliphatic heterocycles. The van der Waals surface area contributed by atoms with Crippen molar-refractivity contribution in [2.24, 2.45) is 0 Å². The van der Waals surface area contributed by atoms with Crippen molar-refractivity contribution in [2.45, 2.75) is 26.3 Å². The smallest absolute Gasteiger partial charge is 0.0498 e. The van der Waals surface area contributed by atoms with Crippen LogP contribution in [0.1, 0.15) is 30.9 Å². The Balaban J connectivity index is 1.91. The van der Waals surface area contributed by atoms with Gasteiger partial charge in [0.1, 0.15) is 0 Å². The fourth-order valence-electron chi connectivity index (χ4n) is 2.50. The molecule has 0 atom stereocenters. The Morgan fingerprint density at radius 2 is 1.75 bits per heavy atom. The molecule has 0 bridgehead atoms. The van der Waals surface area contributed by atoms with Gasteiger partial charge >= 0.3 is 0 Å². The van der Waals surface area contributed by atoms with E-state index in [1.807, 2.05) is 12.1 Å². The van der Waals surface area contributed by atoms with Gasteiger partial charge in [-0.3, -0.25) is 0 Å². The highest BCUT2D eigenvalue weighted by Gasteiger charge is 2.04. The Morgan fingerprint density at radius 1 is 1.00 bits per heavy atom. The first-order valence-corrected chi connectivity index (χ1v) is 7.34. The predicted octanol–water partition coefficient (Wildman–Crippen LogP) is 5.47. The lowest BCUT2D eigenvalue weighted by Crippen LogP contribution is -1.98. The van der Waals surface area contributed by atoms with Gasteiger partial charge in [0.2, 0.25) is 0 Å². The van der Waals surface area contributed by atoms with Crippen LogP contribution >= 0.6 is 11.6 Å². The number of hydrogen-bond donors (Lipinski definition) is 0. The highest BCUT2D eigenvalue weighted by atomic mass is 35.5. The van der Waals surface area contributed by atoms with Gasteiger partial charge in [-0.05, 0) is 40.6 Å². The largest absolute Gasteiger partial charge is 0.343 e. The summed E-state index contributed by atoms with van der Waals surface area (Å²) in [6.45, 7) is 5.31. The molecule has 0 aliphatic rings. The van der Waals surface area contributed by atoms with Crippen molar-refractivity contribution in [1.82, 2.24) is 4.57 Å². The van der Waals surface area contributed by atoms with Gasteiger partial charge in [0.25, 0.3) is 0 Å². The Labute approximate surface area is 124 Å². The second-order valence-corrected chi connectivity index (χ2v) is 5.98. The summed E-state index contributed by atoms with van der Waals surface area (Å²) >= 11 is 6.09. The van der Waals surface area contributed by atoms with Crippen LogP contribution in [0.5, 0.6) is 0 Å². The molecule has 102 valence electrons. The minimum atomic E-state index is 0.579. The van der Waals surface area contributed by atoms with Crippen LogP contribution in [-0.2, 0) is 6.54 Å². The molecule has 0 fully saturated rings. The lowest BCUT2D eigenvalue weighted by Gasteiger charge is -2.09. The maximum atomic E-state index is 6.09. The van der Waals surface area contributed by atoms with Gasteiger partial charge in [0, 0.05) is 23.3 Å². The zero-order chi connectivity index (χ0) is 14.1. The summed E-state index contributed by atoms with van der Waals surface area (Å²) in [5.74, 6) is 0.579. The molecule has 0 aliphatic carbocycles. The second-order valence-electron chi connectivity index (χ2n) is 5.54. The lowest BCUT2D eigenvalue weighted by atomic mass is 10.0. The molecule has 1 heterocycles. The quantitative estimate of drug-likeness (QED) is 0.601. The SMILES string of the molecule is CC(C)c1ccc(Cn2ccc3ccc(Cl)cc32)cc1. The van der Waals surface area contributed by atoms with E-state index in [9.17, 15) is 0 Å². The van der Waals surface area contributed by atoms with Crippen LogP contribution in [0.4, 0.5) is 0 Å². The maximum Gasteiger partial charge on any atom is 0.0498 e. The van der Waals surface area contributed by atoms with E-state index in [-0.39, 0.29) is 0 Å². The average molecular weight is 284 g/mol. The Bertz CT molecular complexity index is 723. The van der Waals surface area contributed by atoms with Crippen LogP contribution in [0.2, 0.25) is 5.02 Å². The molecule has 3 rings (SSSR count). The highest BCUT2D eigenvalue weighted by Crippen LogP contribution is 2.22. The minimum Gasteiger partial charge on any atom is -0.343 e. The third kappa shape index (κ3) is 2.59. The summed E-state index contributed by atoms with van der Waals surface area (Å²) in [6.07, 6.45) is 2.12. The van der Waals surface area contributed by atoms with Gasteiger partial charge in [-0.2, -0.15) is 0 Å². The van der Waals surface area contributed by atoms with Crippen molar-refractivity contribution >= 4 is 22.5 Å². The third-order valence-corrected chi connectivity index (χ3v) is 3.97. The summed E-state index contributed by atoms with van der Waals surface area (Å²) in [4.78, 5) is 0. The zero-order valence-corrected chi connectivity index (χ0v) is 12.6. The van der Waals surface area contributed by atoms with Gasteiger partial charge in [0.05, 0.1) is 0 Å². The zero-order valence-electron chi connectivity index (χ0n) is 11.8. The van der Waals surface area contributed by atoms with Crippen LogP contribution in [0.3, 0.4) is 0 Å². The summed E-state index contributed by atoms with van der Waals surface area (Å²) in [7, 11) is 0. The van der Waals surface area contributed by atoms with Crippen molar-refractivity contribution in [1.29, 1.82) is 0 Å². The number of benzene rings is 2. The molecule has 0 unspecified atom stereocenters. The number of hydrogen-bond acceptors (Lipinski definition) is 0. The molecule has 1 aromatic heterocycles. The molecule has 2 aromatic carbocycles. The fraction of sp³-hybridized carbons (Fsp3) is 0.222. The second kappa shape index (κ2) is 5.34. The normalized spacial score (nSPS) is 11.4. The first-order chi connectivity index (χ1) is 9.63. The van der Waals surface area contributed by atoms with E-state index in [0.29, 0.717) is 5.92 Å². The topological polar surface area (TPSA) is 4.93 Å². The first kappa shape index (κ1) is 13.3. The van der Waals surface area contributed by atoms with Gasteiger partial charge < -0.3 is 4.57 Å². The van der Waals surface area contributed by atoms with Gasteiger partial charge in [-0.1, -0.05) is 55.8 Å². The first-order valence-electron chi connectivity index (χ1n) is 6.97. The van der Waals surface area contributed by atoms with Crippen molar-refractivity contribution in [3.8, 4) is 0 Å². The van der Waals surface area contributed by atoms with Crippen LogP contribution in [0.15, 0.2) is 54.7 Å². The van der Waals surface area contributed by atoms with Crippen LogP contribution in [-0.4, -0.2) is 4.57 Å². The van der Waals surface area contributed by atoms with E-state index in [2.05, 4.69) is 61.0 Å². The van der Waals surface area contributed by atoms with Gasteiger partial charge in [0.15, 0.2) is 0 Å². The standard InChI is InChI=1S/C18H18ClN/c1-13(2)15-5-3-14(4-6-15)12-20-10-9-16-7-8-17(19)11-18(16)20/h3-11,13H,12H2,1-2H3.